The van der Waals surface area contributed by atoms with E-state index in [1.165, 1.54) is 12.1 Å². The summed E-state index contributed by atoms with van der Waals surface area (Å²) in [6.45, 7) is 2.13. The molecule has 0 atom stereocenters. The van der Waals surface area contributed by atoms with Crippen molar-refractivity contribution in [3.05, 3.63) is 65.5 Å². The number of hydrogen-bond donors (Lipinski definition) is 1. The number of hydrogen-bond acceptors (Lipinski definition) is 7. The number of rotatable bonds is 6. The van der Waals surface area contributed by atoms with E-state index in [9.17, 15) is 18.0 Å². The SMILES string of the molecule is CNC(=O)c1cccc(Cn2nc(-c3nc(-c4ccc(OC(F)(F)F)cc4)no3)nc2C)c1. The van der Waals surface area contributed by atoms with Crippen molar-refractivity contribution in [3.8, 4) is 28.9 Å². The molecule has 0 aliphatic rings. The van der Waals surface area contributed by atoms with E-state index in [0.717, 1.165) is 17.7 Å². The predicted molar refractivity (Wildman–Crippen MR) is 109 cm³/mol. The average molecular weight is 458 g/mol. The number of carbonyl (C=O) groups excluding carboxylic acids is 1. The van der Waals surface area contributed by atoms with Crippen LogP contribution in [0.1, 0.15) is 21.7 Å². The van der Waals surface area contributed by atoms with E-state index in [2.05, 4.69) is 30.3 Å². The summed E-state index contributed by atoms with van der Waals surface area (Å²) < 4.78 is 47.6. The molecule has 0 aliphatic carbocycles. The first kappa shape index (κ1) is 22.0. The lowest BCUT2D eigenvalue weighted by Crippen LogP contribution is -2.18. The Hall–Kier alpha value is -4.22. The van der Waals surface area contributed by atoms with Gasteiger partial charge in [-0.15, -0.1) is 18.3 Å². The van der Waals surface area contributed by atoms with Crippen molar-refractivity contribution in [1.82, 2.24) is 30.2 Å². The van der Waals surface area contributed by atoms with Crippen molar-refractivity contribution in [2.75, 3.05) is 7.05 Å². The molecule has 4 aromatic rings. The zero-order chi connectivity index (χ0) is 23.6. The smallest absolute Gasteiger partial charge is 0.406 e. The van der Waals surface area contributed by atoms with Crippen LogP contribution in [0.2, 0.25) is 0 Å². The maximum atomic E-state index is 12.3. The molecule has 0 fully saturated rings. The molecule has 0 aliphatic heterocycles. The second kappa shape index (κ2) is 8.73. The van der Waals surface area contributed by atoms with Gasteiger partial charge >= 0.3 is 6.36 Å². The summed E-state index contributed by atoms with van der Waals surface area (Å²) in [4.78, 5) is 20.4. The summed E-state index contributed by atoms with van der Waals surface area (Å²) >= 11 is 0. The molecule has 12 heteroatoms. The lowest BCUT2D eigenvalue weighted by Gasteiger charge is -2.08. The fourth-order valence-corrected chi connectivity index (χ4v) is 3.03. The van der Waals surface area contributed by atoms with Gasteiger partial charge in [0.2, 0.25) is 11.6 Å². The van der Waals surface area contributed by atoms with Crippen molar-refractivity contribution < 1.29 is 27.2 Å². The zero-order valence-electron chi connectivity index (χ0n) is 17.4. The molecule has 2 aromatic heterocycles. The van der Waals surface area contributed by atoms with Gasteiger partial charge in [0.05, 0.1) is 6.54 Å². The maximum absolute atomic E-state index is 12.3. The number of nitrogens with zero attached hydrogens (tertiary/aromatic N) is 5. The average Bonchev–Trinajstić information content (AvgIpc) is 3.40. The number of halogens is 3. The van der Waals surface area contributed by atoms with Gasteiger partial charge in [0.1, 0.15) is 11.6 Å². The Labute approximate surface area is 185 Å². The van der Waals surface area contributed by atoms with E-state index in [1.807, 2.05) is 6.07 Å². The topological polar surface area (TPSA) is 108 Å². The molecule has 2 heterocycles. The fraction of sp³-hybridized carbons (Fsp3) is 0.190. The minimum atomic E-state index is -4.77. The van der Waals surface area contributed by atoms with Crippen molar-refractivity contribution in [2.45, 2.75) is 19.8 Å². The normalized spacial score (nSPS) is 11.4. The minimum Gasteiger partial charge on any atom is -0.406 e. The Morgan fingerprint density at radius 2 is 1.88 bits per heavy atom. The summed E-state index contributed by atoms with van der Waals surface area (Å²) in [7, 11) is 1.56. The zero-order valence-corrected chi connectivity index (χ0v) is 17.4. The van der Waals surface area contributed by atoms with Gasteiger partial charge in [-0.05, 0) is 48.9 Å². The highest BCUT2D eigenvalue weighted by molar-refractivity contribution is 5.94. The van der Waals surface area contributed by atoms with E-state index in [1.54, 1.807) is 36.9 Å². The first-order chi connectivity index (χ1) is 15.7. The third-order valence-corrected chi connectivity index (χ3v) is 4.57. The van der Waals surface area contributed by atoms with Gasteiger partial charge in [-0.3, -0.25) is 4.79 Å². The van der Waals surface area contributed by atoms with Crippen LogP contribution in [0.4, 0.5) is 13.2 Å². The highest BCUT2D eigenvalue weighted by atomic mass is 19.4. The molecule has 0 unspecified atom stereocenters. The van der Waals surface area contributed by atoms with Gasteiger partial charge in [-0.25, -0.2) is 9.67 Å². The number of nitrogens with one attached hydrogen (secondary N) is 1. The number of amides is 1. The summed E-state index contributed by atoms with van der Waals surface area (Å²) in [5, 5.41) is 10.8. The Morgan fingerprint density at radius 3 is 2.58 bits per heavy atom. The van der Waals surface area contributed by atoms with Gasteiger partial charge in [-0.2, -0.15) is 4.98 Å². The second-order valence-corrected chi connectivity index (χ2v) is 6.92. The summed E-state index contributed by atoms with van der Waals surface area (Å²) in [6.07, 6.45) is -4.77. The van der Waals surface area contributed by atoms with Crippen LogP contribution in [0.3, 0.4) is 0 Å². The van der Waals surface area contributed by atoms with E-state index < -0.39 is 6.36 Å². The van der Waals surface area contributed by atoms with Crippen LogP contribution >= 0.6 is 0 Å². The van der Waals surface area contributed by atoms with Crippen molar-refractivity contribution in [3.63, 3.8) is 0 Å². The monoisotopic (exact) mass is 458 g/mol. The second-order valence-electron chi connectivity index (χ2n) is 6.92. The summed E-state index contributed by atoms with van der Waals surface area (Å²) in [6, 6.07) is 12.2. The van der Waals surface area contributed by atoms with Gasteiger partial charge in [-0.1, -0.05) is 17.3 Å². The molecular formula is C21H17F3N6O3. The molecule has 0 spiro atoms. The molecule has 9 nitrogen and oxygen atoms in total. The largest absolute Gasteiger partial charge is 0.573 e. The molecule has 0 radical (unpaired) electrons. The van der Waals surface area contributed by atoms with Gasteiger partial charge in [0.25, 0.3) is 11.8 Å². The Morgan fingerprint density at radius 1 is 1.12 bits per heavy atom. The third kappa shape index (κ3) is 5.17. The molecule has 1 amide bonds. The number of carbonyl (C=O) groups is 1. The predicted octanol–water partition coefficient (Wildman–Crippen LogP) is 3.61. The number of ether oxygens (including phenoxy) is 1. The minimum absolute atomic E-state index is 0.0570. The van der Waals surface area contributed by atoms with Crippen LogP contribution in [-0.2, 0) is 6.54 Å². The molecule has 1 N–H and O–H groups in total. The van der Waals surface area contributed by atoms with Crippen molar-refractivity contribution in [2.24, 2.45) is 0 Å². The number of aromatic nitrogens is 5. The van der Waals surface area contributed by atoms with Crippen LogP contribution in [0.25, 0.3) is 23.1 Å². The molecular weight excluding hydrogens is 441 g/mol. The van der Waals surface area contributed by atoms with Crippen LogP contribution < -0.4 is 10.1 Å². The molecule has 0 bridgehead atoms. The maximum Gasteiger partial charge on any atom is 0.573 e. The Kier molecular flexibility index (Phi) is 5.82. The van der Waals surface area contributed by atoms with Gasteiger partial charge in [0, 0.05) is 18.2 Å². The first-order valence-electron chi connectivity index (χ1n) is 9.64. The molecule has 170 valence electrons. The summed E-state index contributed by atoms with van der Waals surface area (Å²) in [5.41, 5.74) is 1.81. The van der Waals surface area contributed by atoms with Crippen molar-refractivity contribution in [1.29, 1.82) is 0 Å². The van der Waals surface area contributed by atoms with Crippen LogP contribution in [0.15, 0.2) is 53.1 Å². The number of benzene rings is 2. The van der Waals surface area contributed by atoms with Gasteiger partial charge < -0.3 is 14.6 Å². The number of alkyl halides is 3. The third-order valence-electron chi connectivity index (χ3n) is 4.57. The van der Waals surface area contributed by atoms with Crippen LogP contribution in [0.5, 0.6) is 5.75 Å². The number of aryl methyl sites for hydroxylation is 1. The lowest BCUT2D eigenvalue weighted by atomic mass is 10.1. The van der Waals surface area contributed by atoms with E-state index in [0.29, 0.717) is 23.5 Å². The van der Waals surface area contributed by atoms with E-state index in [4.69, 9.17) is 4.52 Å². The van der Waals surface area contributed by atoms with Crippen molar-refractivity contribution >= 4 is 5.91 Å². The molecule has 0 saturated carbocycles. The Bertz CT molecular complexity index is 1280. The fourth-order valence-electron chi connectivity index (χ4n) is 3.03. The van der Waals surface area contributed by atoms with Gasteiger partial charge in [0.15, 0.2) is 0 Å². The molecule has 2 aromatic carbocycles. The summed E-state index contributed by atoms with van der Waals surface area (Å²) in [5.74, 6) is 0.461. The highest BCUT2D eigenvalue weighted by Gasteiger charge is 2.31. The first-order valence-corrected chi connectivity index (χ1v) is 9.64. The molecule has 33 heavy (non-hydrogen) atoms. The lowest BCUT2D eigenvalue weighted by molar-refractivity contribution is -0.274. The van der Waals surface area contributed by atoms with Crippen LogP contribution in [0, 0.1) is 6.92 Å². The Balaban J connectivity index is 1.52. The highest BCUT2D eigenvalue weighted by Crippen LogP contribution is 2.26. The van der Waals surface area contributed by atoms with E-state index in [-0.39, 0.29) is 29.2 Å². The molecule has 4 rings (SSSR count). The van der Waals surface area contributed by atoms with E-state index >= 15 is 0 Å². The standard InChI is InChI=1S/C21H17F3N6O3/c1-12-26-18(28-30(12)11-13-4-3-5-15(10-13)19(31)25-2)20-27-17(29-33-20)14-6-8-16(9-7-14)32-21(22,23)24/h3-10H,11H2,1-2H3,(H,25,31). The van der Waals surface area contributed by atoms with Crippen LogP contribution in [-0.4, -0.2) is 44.2 Å². The quantitative estimate of drug-likeness (QED) is 0.470. The molecule has 0 saturated heterocycles.